The van der Waals surface area contributed by atoms with Gasteiger partial charge < -0.3 is 23.8 Å². The van der Waals surface area contributed by atoms with E-state index in [1.165, 1.54) is 0 Å². The molecule has 0 saturated carbocycles. The van der Waals surface area contributed by atoms with Gasteiger partial charge in [0.2, 0.25) is 0 Å². The highest BCUT2D eigenvalue weighted by Crippen LogP contribution is 2.35. The Bertz CT molecular complexity index is 1070. The fourth-order valence-electron chi connectivity index (χ4n) is 4.36. The minimum Gasteiger partial charge on any atom is -0.493 e. The lowest BCUT2D eigenvalue weighted by Crippen LogP contribution is -2.55. The van der Waals surface area contributed by atoms with E-state index in [1.54, 1.807) is 14.2 Å². The van der Waals surface area contributed by atoms with Crippen LogP contribution in [0.2, 0.25) is 0 Å². The molecule has 1 amide bonds. The predicted octanol–water partition coefficient (Wildman–Crippen LogP) is 4.45. The van der Waals surface area contributed by atoms with Crippen LogP contribution in [0.3, 0.4) is 0 Å². The maximum Gasteiger partial charge on any atom is 0.274 e. The molecule has 1 saturated heterocycles. The Balaban J connectivity index is 2.22. The van der Waals surface area contributed by atoms with Gasteiger partial charge in [-0.1, -0.05) is 13.0 Å². The van der Waals surface area contributed by atoms with E-state index in [4.69, 9.17) is 23.9 Å². The Morgan fingerprint density at radius 3 is 2.60 bits per heavy atom. The zero-order valence-corrected chi connectivity index (χ0v) is 22.3. The van der Waals surface area contributed by atoms with Crippen molar-refractivity contribution in [3.63, 3.8) is 0 Å². The number of aromatic nitrogens is 2. The molecule has 0 N–H and O–H groups in total. The number of methoxy groups -OCH3 is 2. The number of morpholine rings is 1. The second kappa shape index (κ2) is 11.3. The molecule has 35 heavy (non-hydrogen) atoms. The van der Waals surface area contributed by atoms with Crippen LogP contribution in [0.4, 0.5) is 0 Å². The summed E-state index contributed by atoms with van der Waals surface area (Å²) in [6.45, 7) is 14.1. The van der Waals surface area contributed by atoms with Gasteiger partial charge in [0.05, 0.1) is 50.0 Å². The molecule has 1 aromatic heterocycles. The molecular weight excluding hydrogens is 446 g/mol. The summed E-state index contributed by atoms with van der Waals surface area (Å²) in [5, 5.41) is 0. The van der Waals surface area contributed by atoms with Gasteiger partial charge in [0.15, 0.2) is 17.2 Å². The van der Waals surface area contributed by atoms with Gasteiger partial charge in [-0.2, -0.15) is 0 Å². The third-order valence-corrected chi connectivity index (χ3v) is 6.04. The molecule has 1 aromatic carbocycles. The number of nitrogens with zero attached hydrogens (tertiary/aromatic N) is 3. The van der Waals surface area contributed by atoms with Crippen LogP contribution in [-0.4, -0.2) is 72.6 Å². The van der Waals surface area contributed by atoms with Crippen molar-refractivity contribution < 1.29 is 23.7 Å². The molecule has 192 valence electrons. The number of carbonyl (C=O) groups excluding carboxylic acids is 1. The summed E-state index contributed by atoms with van der Waals surface area (Å²) < 4.78 is 24.5. The number of aryl methyl sites for hydroxylation is 1. The molecule has 8 nitrogen and oxygen atoms in total. The van der Waals surface area contributed by atoms with Crippen molar-refractivity contribution in [2.75, 3.05) is 40.6 Å². The number of ether oxygens (including phenoxy) is 4. The smallest absolute Gasteiger partial charge is 0.274 e. The van der Waals surface area contributed by atoms with Crippen molar-refractivity contribution in [2.45, 2.75) is 59.6 Å². The van der Waals surface area contributed by atoms with Gasteiger partial charge in [0.1, 0.15) is 5.82 Å². The zero-order valence-electron chi connectivity index (χ0n) is 22.3. The standard InChI is InChI=1S/C27H39N3O5/c1-9-20-25(26(31)29-12-14-34-17-27(29,5)6)28-24(11-10-13-32-7)30(20)21-16-23(35-18(2)3)22(33-8)15-19(21)4/h10-11,15-16,18H,9,12-14,17H2,1-8H3/b11-10+. The lowest BCUT2D eigenvalue weighted by molar-refractivity contribution is -0.0373. The van der Waals surface area contributed by atoms with Crippen molar-refractivity contribution in [2.24, 2.45) is 0 Å². The molecule has 0 spiro atoms. The van der Waals surface area contributed by atoms with Crippen LogP contribution < -0.4 is 9.47 Å². The van der Waals surface area contributed by atoms with E-state index >= 15 is 0 Å². The van der Waals surface area contributed by atoms with Crippen molar-refractivity contribution in [3.05, 3.63) is 41.0 Å². The maximum absolute atomic E-state index is 13.8. The summed E-state index contributed by atoms with van der Waals surface area (Å²) in [4.78, 5) is 20.6. The van der Waals surface area contributed by atoms with Crippen molar-refractivity contribution in [1.29, 1.82) is 0 Å². The summed E-state index contributed by atoms with van der Waals surface area (Å²) in [5.74, 6) is 1.89. The number of hydrogen-bond acceptors (Lipinski definition) is 6. The van der Waals surface area contributed by atoms with E-state index in [0.29, 0.717) is 55.8 Å². The summed E-state index contributed by atoms with van der Waals surface area (Å²) >= 11 is 0. The van der Waals surface area contributed by atoms with Gasteiger partial charge in [-0.25, -0.2) is 4.98 Å². The molecule has 0 bridgehead atoms. The van der Waals surface area contributed by atoms with Crippen LogP contribution in [0.15, 0.2) is 18.2 Å². The summed E-state index contributed by atoms with van der Waals surface area (Å²) in [6, 6.07) is 3.93. The van der Waals surface area contributed by atoms with E-state index in [1.807, 2.05) is 70.7 Å². The van der Waals surface area contributed by atoms with Crippen LogP contribution in [0.25, 0.3) is 11.8 Å². The number of benzene rings is 1. The minimum atomic E-state index is -0.412. The fraction of sp³-hybridized carbons (Fsp3) is 0.556. The van der Waals surface area contributed by atoms with Crippen LogP contribution >= 0.6 is 0 Å². The Kier molecular flexibility index (Phi) is 8.61. The van der Waals surface area contributed by atoms with E-state index in [9.17, 15) is 4.79 Å². The molecule has 0 radical (unpaired) electrons. The van der Waals surface area contributed by atoms with E-state index in [-0.39, 0.29) is 12.0 Å². The fourth-order valence-corrected chi connectivity index (χ4v) is 4.36. The number of amides is 1. The van der Waals surface area contributed by atoms with E-state index in [2.05, 4.69) is 4.57 Å². The van der Waals surface area contributed by atoms with E-state index < -0.39 is 5.54 Å². The SMILES string of the molecule is CCc1c(C(=O)N2CCOCC2(C)C)nc(/C=C/COC)n1-c1cc(OC(C)C)c(OC)cc1C. The zero-order chi connectivity index (χ0) is 25.8. The molecule has 1 aliphatic rings. The Hall–Kier alpha value is -2.84. The monoisotopic (exact) mass is 485 g/mol. The first-order chi connectivity index (χ1) is 16.6. The van der Waals surface area contributed by atoms with E-state index in [0.717, 1.165) is 16.9 Å². The summed E-state index contributed by atoms with van der Waals surface area (Å²) in [5.41, 5.74) is 2.77. The highest BCUT2D eigenvalue weighted by molar-refractivity contribution is 5.94. The molecule has 0 aliphatic carbocycles. The quantitative estimate of drug-likeness (QED) is 0.522. The van der Waals surface area contributed by atoms with Gasteiger partial charge in [-0.15, -0.1) is 0 Å². The molecule has 0 unspecified atom stereocenters. The van der Waals surface area contributed by atoms with Gasteiger partial charge in [0.25, 0.3) is 5.91 Å². The Morgan fingerprint density at radius 1 is 1.26 bits per heavy atom. The van der Waals surface area contributed by atoms with Crippen molar-refractivity contribution in [3.8, 4) is 17.2 Å². The molecule has 3 rings (SSSR count). The second-order valence-electron chi connectivity index (χ2n) is 9.59. The summed E-state index contributed by atoms with van der Waals surface area (Å²) in [7, 11) is 3.28. The minimum absolute atomic E-state index is 0.0188. The molecule has 1 fully saturated rings. The lowest BCUT2D eigenvalue weighted by atomic mass is 10.0. The molecular formula is C27H39N3O5. The second-order valence-corrected chi connectivity index (χ2v) is 9.59. The van der Waals surface area contributed by atoms with Crippen LogP contribution in [0.5, 0.6) is 11.5 Å². The first-order valence-corrected chi connectivity index (χ1v) is 12.2. The maximum atomic E-state index is 13.8. The number of imidazole rings is 1. The molecule has 0 atom stereocenters. The van der Waals surface area contributed by atoms with Crippen molar-refractivity contribution >= 4 is 12.0 Å². The molecule has 2 aromatic rings. The van der Waals surface area contributed by atoms with Crippen LogP contribution in [0, 0.1) is 6.92 Å². The van der Waals surface area contributed by atoms with Gasteiger partial charge in [-0.05, 0) is 58.7 Å². The molecule has 8 heteroatoms. The number of hydrogen-bond donors (Lipinski definition) is 0. The lowest BCUT2D eigenvalue weighted by Gasteiger charge is -2.41. The average molecular weight is 486 g/mol. The third kappa shape index (κ3) is 5.70. The first-order valence-electron chi connectivity index (χ1n) is 12.2. The largest absolute Gasteiger partial charge is 0.493 e. The van der Waals surface area contributed by atoms with Gasteiger partial charge in [-0.3, -0.25) is 9.36 Å². The van der Waals surface area contributed by atoms with Gasteiger partial charge >= 0.3 is 0 Å². The van der Waals surface area contributed by atoms with Crippen LogP contribution in [-0.2, 0) is 15.9 Å². The Morgan fingerprint density at radius 2 is 2.00 bits per heavy atom. The normalized spacial score (nSPS) is 15.7. The topological polar surface area (TPSA) is 75.1 Å². The van der Waals surface area contributed by atoms with Crippen LogP contribution in [0.1, 0.15) is 62.2 Å². The molecule has 1 aliphatic heterocycles. The highest BCUT2D eigenvalue weighted by atomic mass is 16.5. The Labute approximate surface area is 208 Å². The first kappa shape index (κ1) is 26.8. The highest BCUT2D eigenvalue weighted by Gasteiger charge is 2.37. The predicted molar refractivity (Wildman–Crippen MR) is 137 cm³/mol. The summed E-state index contributed by atoms with van der Waals surface area (Å²) in [6.07, 6.45) is 4.41. The third-order valence-electron chi connectivity index (χ3n) is 6.04. The van der Waals surface area contributed by atoms with Crippen molar-refractivity contribution in [1.82, 2.24) is 14.5 Å². The number of carbonyl (C=O) groups is 1. The molecule has 2 heterocycles. The average Bonchev–Trinajstić information content (AvgIpc) is 3.17. The van der Waals surface area contributed by atoms with Gasteiger partial charge in [0, 0.05) is 19.7 Å². The number of rotatable bonds is 9.